The van der Waals surface area contributed by atoms with Gasteiger partial charge in [-0.3, -0.25) is 9.59 Å². The highest BCUT2D eigenvalue weighted by Crippen LogP contribution is 2.10. The average Bonchev–Trinajstić information content (AvgIpc) is 2.43. The van der Waals surface area contributed by atoms with Gasteiger partial charge in [-0.05, 0) is 31.5 Å². The lowest BCUT2D eigenvalue weighted by Crippen LogP contribution is -2.37. The number of carbonyl (C=O) groups excluding carboxylic acids is 2. The SMILES string of the molecule is CCNC(=O)CNC(=O)c1ccc(C)cc1C#CCN. The minimum atomic E-state index is -0.322. The van der Waals surface area contributed by atoms with Crippen molar-refractivity contribution in [3.05, 3.63) is 34.9 Å². The van der Waals surface area contributed by atoms with E-state index >= 15 is 0 Å². The molecule has 4 N–H and O–H groups in total. The number of amides is 2. The summed E-state index contributed by atoms with van der Waals surface area (Å²) in [5.41, 5.74) is 7.41. The van der Waals surface area contributed by atoms with Gasteiger partial charge in [0.05, 0.1) is 18.7 Å². The highest BCUT2D eigenvalue weighted by molar-refractivity contribution is 5.98. The number of carbonyl (C=O) groups is 2. The topological polar surface area (TPSA) is 84.2 Å². The van der Waals surface area contributed by atoms with Crippen molar-refractivity contribution in [2.75, 3.05) is 19.6 Å². The first-order valence-corrected chi connectivity index (χ1v) is 6.43. The van der Waals surface area contributed by atoms with Crippen molar-refractivity contribution >= 4 is 11.8 Å². The van der Waals surface area contributed by atoms with Crippen molar-refractivity contribution in [3.63, 3.8) is 0 Å². The van der Waals surface area contributed by atoms with E-state index in [1.165, 1.54) is 0 Å². The molecule has 0 heterocycles. The fraction of sp³-hybridized carbons (Fsp3) is 0.333. The van der Waals surface area contributed by atoms with Gasteiger partial charge in [0.25, 0.3) is 5.91 Å². The van der Waals surface area contributed by atoms with Crippen LogP contribution in [0.2, 0.25) is 0 Å². The molecule has 106 valence electrons. The molecule has 20 heavy (non-hydrogen) atoms. The lowest BCUT2D eigenvalue weighted by Gasteiger charge is -2.08. The Hall–Kier alpha value is -2.32. The Morgan fingerprint density at radius 3 is 2.70 bits per heavy atom. The zero-order valence-electron chi connectivity index (χ0n) is 11.7. The van der Waals surface area contributed by atoms with E-state index in [2.05, 4.69) is 22.5 Å². The Morgan fingerprint density at radius 1 is 1.30 bits per heavy atom. The average molecular weight is 273 g/mol. The van der Waals surface area contributed by atoms with E-state index in [9.17, 15) is 9.59 Å². The van der Waals surface area contributed by atoms with Crippen molar-refractivity contribution in [3.8, 4) is 11.8 Å². The number of rotatable bonds is 4. The molecule has 0 aliphatic carbocycles. The molecule has 0 unspecified atom stereocenters. The van der Waals surface area contributed by atoms with Crippen LogP contribution in [-0.2, 0) is 4.79 Å². The second kappa shape index (κ2) is 7.97. The highest BCUT2D eigenvalue weighted by atomic mass is 16.2. The lowest BCUT2D eigenvalue weighted by molar-refractivity contribution is -0.120. The number of aryl methyl sites for hydroxylation is 1. The zero-order valence-corrected chi connectivity index (χ0v) is 11.7. The number of hydrogen-bond donors (Lipinski definition) is 3. The van der Waals surface area contributed by atoms with Gasteiger partial charge < -0.3 is 16.4 Å². The van der Waals surface area contributed by atoms with Gasteiger partial charge >= 0.3 is 0 Å². The van der Waals surface area contributed by atoms with Crippen molar-refractivity contribution in [1.29, 1.82) is 0 Å². The standard InChI is InChI=1S/C15H19N3O2/c1-3-17-14(19)10-18-15(20)13-7-6-11(2)9-12(13)5-4-8-16/h6-7,9H,3,8,10,16H2,1-2H3,(H,17,19)(H,18,20). The van der Waals surface area contributed by atoms with E-state index < -0.39 is 0 Å². The smallest absolute Gasteiger partial charge is 0.252 e. The van der Waals surface area contributed by atoms with Crippen molar-refractivity contribution in [2.45, 2.75) is 13.8 Å². The van der Waals surface area contributed by atoms with Gasteiger partial charge in [-0.1, -0.05) is 17.9 Å². The Morgan fingerprint density at radius 2 is 2.05 bits per heavy atom. The van der Waals surface area contributed by atoms with E-state index in [0.717, 1.165) is 5.56 Å². The third-order valence-corrected chi connectivity index (χ3v) is 2.53. The fourth-order valence-electron chi connectivity index (χ4n) is 1.62. The fourth-order valence-corrected chi connectivity index (χ4v) is 1.62. The second-order valence-corrected chi connectivity index (χ2v) is 4.19. The molecule has 0 spiro atoms. The van der Waals surface area contributed by atoms with Gasteiger partial charge in [0, 0.05) is 12.1 Å². The van der Waals surface area contributed by atoms with Gasteiger partial charge in [-0.15, -0.1) is 0 Å². The summed E-state index contributed by atoms with van der Waals surface area (Å²) in [7, 11) is 0. The minimum absolute atomic E-state index is 0.0513. The molecule has 0 radical (unpaired) electrons. The van der Waals surface area contributed by atoms with Crippen LogP contribution in [0.15, 0.2) is 18.2 Å². The molecule has 0 saturated heterocycles. The largest absolute Gasteiger partial charge is 0.355 e. The third-order valence-electron chi connectivity index (χ3n) is 2.53. The maximum atomic E-state index is 12.1. The summed E-state index contributed by atoms with van der Waals surface area (Å²) in [6.45, 7) is 4.45. The van der Waals surface area contributed by atoms with Gasteiger partial charge in [-0.25, -0.2) is 0 Å². The number of benzene rings is 1. The van der Waals surface area contributed by atoms with Gasteiger partial charge in [0.1, 0.15) is 0 Å². The van der Waals surface area contributed by atoms with E-state index in [4.69, 9.17) is 5.73 Å². The van der Waals surface area contributed by atoms with Crippen LogP contribution in [0.25, 0.3) is 0 Å². The van der Waals surface area contributed by atoms with Crippen LogP contribution in [0, 0.1) is 18.8 Å². The van der Waals surface area contributed by atoms with E-state index in [0.29, 0.717) is 17.7 Å². The van der Waals surface area contributed by atoms with Crippen LogP contribution in [-0.4, -0.2) is 31.4 Å². The Kier molecular flexibility index (Phi) is 6.27. The van der Waals surface area contributed by atoms with Crippen LogP contribution in [0.4, 0.5) is 0 Å². The third kappa shape index (κ3) is 4.75. The van der Waals surface area contributed by atoms with Crippen LogP contribution in [0.5, 0.6) is 0 Å². The highest BCUT2D eigenvalue weighted by Gasteiger charge is 2.11. The van der Waals surface area contributed by atoms with Crippen LogP contribution < -0.4 is 16.4 Å². The first-order chi connectivity index (χ1) is 9.58. The molecule has 2 amide bonds. The number of nitrogens with two attached hydrogens (primary N) is 1. The molecule has 0 atom stereocenters. The summed E-state index contributed by atoms with van der Waals surface area (Å²) in [6, 6.07) is 5.35. The summed E-state index contributed by atoms with van der Waals surface area (Å²) < 4.78 is 0. The summed E-state index contributed by atoms with van der Waals surface area (Å²) in [5, 5.41) is 5.18. The molecule has 0 aliphatic rings. The molecule has 0 bridgehead atoms. The quantitative estimate of drug-likeness (QED) is 0.684. The van der Waals surface area contributed by atoms with Gasteiger partial charge in [0.15, 0.2) is 0 Å². The molecule has 0 saturated carbocycles. The van der Waals surface area contributed by atoms with Crippen molar-refractivity contribution < 1.29 is 9.59 Å². The molecule has 1 aromatic carbocycles. The molecular formula is C15H19N3O2. The van der Waals surface area contributed by atoms with Crippen molar-refractivity contribution in [1.82, 2.24) is 10.6 Å². The molecule has 5 heteroatoms. The second-order valence-electron chi connectivity index (χ2n) is 4.19. The maximum absolute atomic E-state index is 12.1. The number of nitrogens with one attached hydrogen (secondary N) is 2. The first-order valence-electron chi connectivity index (χ1n) is 6.43. The van der Waals surface area contributed by atoms with Crippen LogP contribution in [0.1, 0.15) is 28.4 Å². The van der Waals surface area contributed by atoms with Crippen LogP contribution >= 0.6 is 0 Å². The van der Waals surface area contributed by atoms with Gasteiger partial charge in [0.2, 0.25) is 5.91 Å². The predicted octanol–water partition coefficient (Wildman–Crippen LogP) is 0.171. The monoisotopic (exact) mass is 273 g/mol. The minimum Gasteiger partial charge on any atom is -0.355 e. The Bertz CT molecular complexity index is 556. The Balaban J connectivity index is 2.84. The molecule has 1 aromatic rings. The molecule has 0 aromatic heterocycles. The predicted molar refractivity (Wildman–Crippen MR) is 78.1 cm³/mol. The number of hydrogen-bond acceptors (Lipinski definition) is 3. The zero-order chi connectivity index (χ0) is 15.0. The normalized spacial score (nSPS) is 9.35. The summed E-state index contributed by atoms with van der Waals surface area (Å²) >= 11 is 0. The van der Waals surface area contributed by atoms with E-state index in [1.54, 1.807) is 6.07 Å². The lowest BCUT2D eigenvalue weighted by atomic mass is 10.0. The van der Waals surface area contributed by atoms with E-state index in [1.807, 2.05) is 26.0 Å². The summed E-state index contributed by atoms with van der Waals surface area (Å²) in [5.74, 6) is 5.06. The molecule has 5 nitrogen and oxygen atoms in total. The maximum Gasteiger partial charge on any atom is 0.252 e. The summed E-state index contributed by atoms with van der Waals surface area (Å²) in [4.78, 5) is 23.4. The number of likely N-dealkylation sites (N-methyl/N-ethyl adjacent to an activating group) is 1. The Labute approximate surface area is 118 Å². The van der Waals surface area contributed by atoms with Crippen molar-refractivity contribution in [2.24, 2.45) is 5.73 Å². The molecule has 0 fully saturated rings. The van der Waals surface area contributed by atoms with E-state index in [-0.39, 0.29) is 24.9 Å². The summed E-state index contributed by atoms with van der Waals surface area (Å²) in [6.07, 6.45) is 0. The van der Waals surface area contributed by atoms with Crippen LogP contribution in [0.3, 0.4) is 0 Å². The molecule has 0 aliphatic heterocycles. The first kappa shape index (κ1) is 15.7. The molecule has 1 rings (SSSR count). The molecular weight excluding hydrogens is 254 g/mol. The van der Waals surface area contributed by atoms with Gasteiger partial charge in [-0.2, -0.15) is 0 Å².